The summed E-state index contributed by atoms with van der Waals surface area (Å²) in [4.78, 5) is 2.59. The van der Waals surface area contributed by atoms with Crippen LogP contribution < -0.4 is 5.32 Å². The Morgan fingerprint density at radius 1 is 1.29 bits per heavy atom. The number of hydrogen-bond donors (Lipinski definition) is 1. The van der Waals surface area contributed by atoms with Crippen molar-refractivity contribution in [2.75, 3.05) is 13.6 Å². The minimum atomic E-state index is 0.801. The average molecular weight is 196 g/mol. The van der Waals surface area contributed by atoms with Gasteiger partial charge in [0.05, 0.1) is 0 Å². The average Bonchev–Trinajstić information content (AvgIpc) is 2.69. The Kier molecular flexibility index (Phi) is 3.45. The first kappa shape index (κ1) is 10.4. The van der Waals surface area contributed by atoms with Crippen molar-refractivity contribution in [1.29, 1.82) is 0 Å². The zero-order valence-corrected chi connectivity index (χ0v) is 9.63. The number of nitrogens with one attached hydrogen (secondary N) is 1. The first-order chi connectivity index (χ1) is 6.83. The molecule has 2 saturated heterocycles. The van der Waals surface area contributed by atoms with Gasteiger partial charge in [0, 0.05) is 18.1 Å². The fraction of sp³-hybridized carbons (Fsp3) is 1.00. The van der Waals surface area contributed by atoms with Gasteiger partial charge in [0.2, 0.25) is 0 Å². The van der Waals surface area contributed by atoms with Crippen molar-refractivity contribution in [1.82, 2.24) is 10.2 Å². The Balaban J connectivity index is 1.68. The van der Waals surface area contributed by atoms with Gasteiger partial charge in [-0.1, -0.05) is 19.8 Å². The summed E-state index contributed by atoms with van der Waals surface area (Å²) in [6.07, 6.45) is 8.32. The van der Waals surface area contributed by atoms with Crippen molar-refractivity contribution in [2.45, 2.75) is 63.6 Å². The number of nitrogens with zero attached hydrogens (tertiary/aromatic N) is 1. The van der Waals surface area contributed by atoms with Crippen molar-refractivity contribution < 1.29 is 0 Å². The zero-order valence-electron chi connectivity index (χ0n) is 9.63. The van der Waals surface area contributed by atoms with E-state index < -0.39 is 0 Å². The molecule has 2 nitrogen and oxygen atoms in total. The van der Waals surface area contributed by atoms with E-state index >= 15 is 0 Å². The SMILES string of the molecule is CCCCCNC1CC2CCC1N2C. The molecule has 2 heterocycles. The van der Waals surface area contributed by atoms with E-state index in [9.17, 15) is 0 Å². The van der Waals surface area contributed by atoms with Crippen molar-refractivity contribution >= 4 is 0 Å². The van der Waals surface area contributed by atoms with Gasteiger partial charge in [0.15, 0.2) is 0 Å². The van der Waals surface area contributed by atoms with Crippen LogP contribution in [0.4, 0.5) is 0 Å². The van der Waals surface area contributed by atoms with Crippen LogP contribution in [0.2, 0.25) is 0 Å². The molecule has 2 heteroatoms. The highest BCUT2D eigenvalue weighted by Gasteiger charge is 2.43. The van der Waals surface area contributed by atoms with Gasteiger partial charge in [-0.25, -0.2) is 0 Å². The van der Waals surface area contributed by atoms with Crippen molar-refractivity contribution in [3.8, 4) is 0 Å². The Hall–Kier alpha value is -0.0800. The molecule has 2 aliphatic heterocycles. The van der Waals surface area contributed by atoms with E-state index in [4.69, 9.17) is 0 Å². The number of unbranched alkanes of at least 4 members (excludes halogenated alkanes) is 2. The number of likely N-dealkylation sites (N-methyl/N-ethyl adjacent to an activating group) is 1. The van der Waals surface area contributed by atoms with Gasteiger partial charge in [-0.15, -0.1) is 0 Å². The minimum absolute atomic E-state index is 0.801. The van der Waals surface area contributed by atoms with Crippen molar-refractivity contribution in [3.63, 3.8) is 0 Å². The summed E-state index contributed by atoms with van der Waals surface area (Å²) in [7, 11) is 2.30. The molecule has 3 unspecified atom stereocenters. The van der Waals surface area contributed by atoms with E-state index in [2.05, 4.69) is 24.2 Å². The molecule has 0 aromatic carbocycles. The van der Waals surface area contributed by atoms with Gasteiger partial charge in [-0.05, 0) is 39.3 Å². The molecule has 2 bridgehead atoms. The second-order valence-electron chi connectivity index (χ2n) is 4.97. The molecule has 3 atom stereocenters. The number of rotatable bonds is 5. The highest BCUT2D eigenvalue weighted by atomic mass is 15.2. The fourth-order valence-corrected chi connectivity index (χ4v) is 3.14. The van der Waals surface area contributed by atoms with E-state index in [0.717, 1.165) is 18.1 Å². The van der Waals surface area contributed by atoms with E-state index in [1.807, 2.05) is 0 Å². The molecule has 2 rings (SSSR count). The van der Waals surface area contributed by atoms with Gasteiger partial charge in [0.1, 0.15) is 0 Å². The predicted octanol–water partition coefficient (Wildman–Crippen LogP) is 2.00. The van der Waals surface area contributed by atoms with Crippen LogP contribution in [0.15, 0.2) is 0 Å². The third-order valence-electron chi connectivity index (χ3n) is 4.07. The summed E-state index contributed by atoms with van der Waals surface area (Å²) >= 11 is 0. The maximum Gasteiger partial charge on any atom is 0.0250 e. The first-order valence-electron chi connectivity index (χ1n) is 6.28. The Morgan fingerprint density at radius 2 is 2.14 bits per heavy atom. The topological polar surface area (TPSA) is 15.3 Å². The first-order valence-corrected chi connectivity index (χ1v) is 6.28. The Bertz CT molecular complexity index is 181. The third kappa shape index (κ3) is 1.96. The summed E-state index contributed by atoms with van der Waals surface area (Å²) < 4.78 is 0. The molecule has 0 aromatic heterocycles. The summed E-state index contributed by atoms with van der Waals surface area (Å²) in [6, 6.07) is 2.54. The largest absolute Gasteiger partial charge is 0.312 e. The molecular weight excluding hydrogens is 172 g/mol. The van der Waals surface area contributed by atoms with E-state index in [1.54, 1.807) is 0 Å². The Labute approximate surface area is 88.1 Å². The molecule has 0 radical (unpaired) electrons. The molecule has 1 N–H and O–H groups in total. The summed E-state index contributed by atoms with van der Waals surface area (Å²) in [5, 5.41) is 3.74. The van der Waals surface area contributed by atoms with E-state index in [-0.39, 0.29) is 0 Å². The second kappa shape index (κ2) is 4.63. The Morgan fingerprint density at radius 3 is 2.71 bits per heavy atom. The molecule has 0 saturated carbocycles. The third-order valence-corrected chi connectivity index (χ3v) is 4.07. The van der Waals surface area contributed by atoms with Crippen LogP contribution in [0.25, 0.3) is 0 Å². The molecule has 0 spiro atoms. The van der Waals surface area contributed by atoms with Crippen LogP contribution in [-0.2, 0) is 0 Å². The maximum absolute atomic E-state index is 3.74. The lowest BCUT2D eigenvalue weighted by Gasteiger charge is -2.22. The molecule has 82 valence electrons. The van der Waals surface area contributed by atoms with Crippen molar-refractivity contribution in [3.05, 3.63) is 0 Å². The highest BCUT2D eigenvalue weighted by molar-refractivity contribution is 5.02. The molecule has 2 fully saturated rings. The predicted molar refractivity (Wildman–Crippen MR) is 60.5 cm³/mol. The lowest BCUT2D eigenvalue weighted by molar-refractivity contribution is 0.296. The standard InChI is InChI=1S/C12H24N2/c1-3-4-5-8-13-11-9-10-6-7-12(11)14(10)2/h10-13H,3-9H2,1-2H3. The number of fused-ring (bicyclic) bond motifs is 2. The van der Waals surface area contributed by atoms with Crippen LogP contribution >= 0.6 is 0 Å². The second-order valence-corrected chi connectivity index (χ2v) is 4.97. The number of hydrogen-bond acceptors (Lipinski definition) is 2. The van der Waals surface area contributed by atoms with Crippen LogP contribution in [0.1, 0.15) is 45.4 Å². The van der Waals surface area contributed by atoms with Gasteiger partial charge in [-0.2, -0.15) is 0 Å². The van der Waals surface area contributed by atoms with Gasteiger partial charge in [0.25, 0.3) is 0 Å². The molecule has 2 aliphatic rings. The smallest absolute Gasteiger partial charge is 0.0250 e. The normalized spacial score (nSPS) is 36.9. The van der Waals surface area contributed by atoms with Gasteiger partial charge < -0.3 is 5.32 Å². The quantitative estimate of drug-likeness (QED) is 0.677. The van der Waals surface area contributed by atoms with E-state index in [0.29, 0.717) is 0 Å². The highest BCUT2D eigenvalue weighted by Crippen LogP contribution is 2.35. The monoisotopic (exact) mass is 196 g/mol. The van der Waals surface area contributed by atoms with Crippen molar-refractivity contribution in [2.24, 2.45) is 0 Å². The molecule has 0 aliphatic carbocycles. The maximum atomic E-state index is 3.74. The summed E-state index contributed by atoms with van der Waals surface area (Å²) in [5.74, 6) is 0. The molecule has 14 heavy (non-hydrogen) atoms. The van der Waals surface area contributed by atoms with Crippen LogP contribution in [0, 0.1) is 0 Å². The minimum Gasteiger partial charge on any atom is -0.312 e. The summed E-state index contributed by atoms with van der Waals surface area (Å²) in [5.41, 5.74) is 0. The fourth-order valence-electron chi connectivity index (χ4n) is 3.14. The summed E-state index contributed by atoms with van der Waals surface area (Å²) in [6.45, 7) is 3.50. The lowest BCUT2D eigenvalue weighted by atomic mass is 9.95. The molecule has 0 aromatic rings. The molecule has 0 amide bonds. The van der Waals surface area contributed by atoms with Crippen LogP contribution in [0.5, 0.6) is 0 Å². The van der Waals surface area contributed by atoms with Crippen LogP contribution in [-0.4, -0.2) is 36.6 Å². The van der Waals surface area contributed by atoms with E-state index in [1.165, 1.54) is 45.1 Å². The lowest BCUT2D eigenvalue weighted by Crippen LogP contribution is -2.40. The van der Waals surface area contributed by atoms with Gasteiger partial charge >= 0.3 is 0 Å². The van der Waals surface area contributed by atoms with Crippen LogP contribution in [0.3, 0.4) is 0 Å². The zero-order chi connectivity index (χ0) is 9.97. The van der Waals surface area contributed by atoms with Gasteiger partial charge in [-0.3, -0.25) is 4.90 Å². The molecular formula is C12H24N2.